The summed E-state index contributed by atoms with van der Waals surface area (Å²) in [7, 11) is -3.56. The number of sulfonamides is 1. The van der Waals surface area contributed by atoms with Crippen LogP contribution in [-0.4, -0.2) is 37.8 Å². The minimum Gasteiger partial charge on any atom is -0.353 e. The van der Waals surface area contributed by atoms with Crippen LogP contribution >= 0.6 is 0 Å². The molecule has 0 aliphatic carbocycles. The zero-order valence-corrected chi connectivity index (χ0v) is 16.5. The first-order valence-corrected chi connectivity index (χ1v) is 10.4. The molecule has 1 aromatic rings. The van der Waals surface area contributed by atoms with Gasteiger partial charge in [0.25, 0.3) is 0 Å². The molecule has 2 aliphatic rings. The van der Waals surface area contributed by atoms with E-state index in [9.17, 15) is 13.2 Å². The molecular weight excluding hydrogens is 336 g/mol. The second kappa shape index (κ2) is 6.09. The lowest BCUT2D eigenvalue weighted by Crippen LogP contribution is -2.47. The molecular formula is C19H28N2O3S. The lowest BCUT2D eigenvalue weighted by atomic mass is 9.85. The van der Waals surface area contributed by atoms with E-state index in [1.54, 1.807) is 4.31 Å². The molecule has 138 valence electrons. The molecule has 2 heterocycles. The van der Waals surface area contributed by atoms with Crippen molar-refractivity contribution in [2.45, 2.75) is 63.8 Å². The fourth-order valence-electron chi connectivity index (χ4n) is 3.78. The van der Waals surface area contributed by atoms with Crippen molar-refractivity contribution in [2.75, 3.05) is 13.1 Å². The van der Waals surface area contributed by atoms with Gasteiger partial charge in [-0.15, -0.1) is 0 Å². The molecule has 25 heavy (non-hydrogen) atoms. The maximum Gasteiger partial charge on any atom is 0.243 e. The highest BCUT2D eigenvalue weighted by Crippen LogP contribution is 2.33. The van der Waals surface area contributed by atoms with Gasteiger partial charge < -0.3 is 5.32 Å². The Labute approximate surface area is 150 Å². The molecule has 3 rings (SSSR count). The van der Waals surface area contributed by atoms with Crippen molar-refractivity contribution in [1.29, 1.82) is 0 Å². The van der Waals surface area contributed by atoms with E-state index in [1.165, 1.54) is 0 Å². The summed E-state index contributed by atoms with van der Waals surface area (Å²) in [6.07, 6.45) is 1.11. The largest absolute Gasteiger partial charge is 0.353 e. The number of carbonyl (C=O) groups is 1. The number of rotatable bonds is 2. The zero-order chi connectivity index (χ0) is 18.6. The number of carbonyl (C=O) groups excluding carboxylic acids is 1. The number of nitrogens with zero attached hydrogens (tertiary/aromatic N) is 1. The first-order chi connectivity index (χ1) is 11.5. The second-order valence-electron chi connectivity index (χ2n) is 8.46. The Morgan fingerprint density at radius 3 is 2.52 bits per heavy atom. The van der Waals surface area contributed by atoms with Crippen LogP contribution in [0.1, 0.15) is 50.3 Å². The normalized spacial score (nSPS) is 24.9. The topological polar surface area (TPSA) is 66.5 Å². The summed E-state index contributed by atoms with van der Waals surface area (Å²) >= 11 is 0. The van der Waals surface area contributed by atoms with Gasteiger partial charge in [0.05, 0.1) is 4.90 Å². The summed E-state index contributed by atoms with van der Waals surface area (Å²) in [5.74, 6) is 0.124. The van der Waals surface area contributed by atoms with E-state index in [0.29, 0.717) is 30.8 Å². The summed E-state index contributed by atoms with van der Waals surface area (Å²) in [6, 6.07) is 4.05. The Kier molecular flexibility index (Phi) is 4.48. The van der Waals surface area contributed by atoms with E-state index >= 15 is 0 Å². The molecule has 0 saturated carbocycles. The molecule has 2 atom stereocenters. The smallest absolute Gasteiger partial charge is 0.243 e. The van der Waals surface area contributed by atoms with Crippen LogP contribution in [0.3, 0.4) is 0 Å². The molecule has 2 aliphatic heterocycles. The van der Waals surface area contributed by atoms with Crippen molar-refractivity contribution in [3.05, 3.63) is 28.8 Å². The van der Waals surface area contributed by atoms with Crippen molar-refractivity contribution >= 4 is 15.9 Å². The molecule has 1 aromatic carbocycles. The second-order valence-corrected chi connectivity index (χ2v) is 10.4. The number of fused-ring (bicyclic) bond motifs is 1. The fourth-order valence-corrected chi connectivity index (χ4v) is 5.62. The molecule has 6 heteroatoms. The third-order valence-electron chi connectivity index (χ3n) is 5.59. The minimum absolute atomic E-state index is 0.0380. The highest BCUT2D eigenvalue weighted by Gasteiger charge is 2.41. The number of hydrogen-bond donors (Lipinski definition) is 1. The molecule has 1 amide bonds. The number of aryl methyl sites for hydroxylation is 1. The Morgan fingerprint density at radius 1 is 1.20 bits per heavy atom. The van der Waals surface area contributed by atoms with Gasteiger partial charge in [-0.1, -0.05) is 26.8 Å². The first kappa shape index (κ1) is 18.4. The third-order valence-corrected chi connectivity index (χ3v) is 7.59. The van der Waals surface area contributed by atoms with Gasteiger partial charge in [0.15, 0.2) is 0 Å². The summed E-state index contributed by atoms with van der Waals surface area (Å²) in [6.45, 7) is 11.0. The lowest BCUT2D eigenvalue weighted by Gasteiger charge is -2.34. The molecule has 0 aromatic heterocycles. The Balaban J connectivity index is 1.98. The molecule has 0 bridgehead atoms. The van der Waals surface area contributed by atoms with E-state index in [1.807, 2.05) is 19.9 Å². The van der Waals surface area contributed by atoms with E-state index in [-0.39, 0.29) is 23.3 Å². The van der Waals surface area contributed by atoms with E-state index in [0.717, 1.165) is 16.7 Å². The van der Waals surface area contributed by atoms with Crippen LogP contribution in [0.2, 0.25) is 0 Å². The van der Waals surface area contributed by atoms with E-state index in [2.05, 4.69) is 32.2 Å². The molecule has 5 nitrogen and oxygen atoms in total. The van der Waals surface area contributed by atoms with Crippen LogP contribution < -0.4 is 5.32 Å². The van der Waals surface area contributed by atoms with Gasteiger partial charge >= 0.3 is 0 Å². The van der Waals surface area contributed by atoms with Crippen LogP contribution in [0.15, 0.2) is 17.0 Å². The van der Waals surface area contributed by atoms with Gasteiger partial charge in [0.2, 0.25) is 15.9 Å². The SMILES string of the molecule is Cc1cc(C(C)(C)C)cc(S(=O)(=O)N2CC[C@@H]3NC(=O)C[C@@H]3C2)c1C. The highest BCUT2D eigenvalue weighted by atomic mass is 32.2. The first-order valence-electron chi connectivity index (χ1n) is 8.91. The van der Waals surface area contributed by atoms with Crippen LogP contribution in [-0.2, 0) is 20.2 Å². The van der Waals surface area contributed by atoms with E-state index < -0.39 is 10.0 Å². The molecule has 1 N–H and O–H groups in total. The van der Waals surface area contributed by atoms with Crippen molar-refractivity contribution in [1.82, 2.24) is 9.62 Å². The highest BCUT2D eigenvalue weighted by molar-refractivity contribution is 7.89. The van der Waals surface area contributed by atoms with Crippen molar-refractivity contribution in [3.63, 3.8) is 0 Å². The predicted molar refractivity (Wildman–Crippen MR) is 98.0 cm³/mol. The maximum atomic E-state index is 13.3. The van der Waals surface area contributed by atoms with Crippen molar-refractivity contribution in [3.8, 4) is 0 Å². The van der Waals surface area contributed by atoms with Crippen molar-refractivity contribution < 1.29 is 13.2 Å². The van der Waals surface area contributed by atoms with E-state index in [4.69, 9.17) is 0 Å². The number of amides is 1. The van der Waals surface area contributed by atoms with Crippen LogP contribution in [0.5, 0.6) is 0 Å². The summed E-state index contributed by atoms with van der Waals surface area (Å²) in [5, 5.41) is 2.96. The zero-order valence-electron chi connectivity index (χ0n) is 15.7. The summed E-state index contributed by atoms with van der Waals surface area (Å²) < 4.78 is 28.2. The predicted octanol–water partition coefficient (Wildman–Crippen LogP) is 2.50. The standard InChI is InChI=1S/C19H28N2O3S/c1-12-8-15(19(3,4)5)10-17(13(12)2)25(23,24)21-7-6-16-14(11-21)9-18(22)20-16/h8,10,14,16H,6-7,9,11H2,1-5H3,(H,20,22)/t14-,16+/m1/s1. The number of benzene rings is 1. The molecule has 0 spiro atoms. The van der Waals surface area contributed by atoms with Gasteiger partial charge in [-0.3, -0.25) is 4.79 Å². The fraction of sp³-hybridized carbons (Fsp3) is 0.632. The Hall–Kier alpha value is -1.40. The maximum absolute atomic E-state index is 13.3. The monoisotopic (exact) mass is 364 g/mol. The lowest BCUT2D eigenvalue weighted by molar-refractivity contribution is -0.119. The van der Waals surface area contributed by atoms with Gasteiger partial charge in [0, 0.05) is 31.5 Å². The summed E-state index contributed by atoms with van der Waals surface area (Å²) in [4.78, 5) is 12.0. The quantitative estimate of drug-likeness (QED) is 0.877. The molecule has 0 unspecified atom stereocenters. The van der Waals surface area contributed by atoms with Crippen LogP contribution in [0, 0.1) is 19.8 Å². The van der Waals surface area contributed by atoms with Gasteiger partial charge in [0.1, 0.15) is 0 Å². The Bertz CT molecular complexity index is 809. The minimum atomic E-state index is -3.56. The van der Waals surface area contributed by atoms with Gasteiger partial charge in [-0.25, -0.2) is 8.42 Å². The van der Waals surface area contributed by atoms with Gasteiger partial charge in [-0.05, 0) is 48.4 Å². The molecule has 2 saturated heterocycles. The molecule has 2 fully saturated rings. The van der Waals surface area contributed by atoms with Crippen molar-refractivity contribution in [2.24, 2.45) is 5.92 Å². The van der Waals surface area contributed by atoms with Gasteiger partial charge in [-0.2, -0.15) is 4.31 Å². The average molecular weight is 365 g/mol. The number of nitrogens with one attached hydrogen (secondary N) is 1. The van der Waals surface area contributed by atoms with Crippen LogP contribution in [0.25, 0.3) is 0 Å². The molecule has 0 radical (unpaired) electrons. The Morgan fingerprint density at radius 2 is 1.88 bits per heavy atom. The average Bonchev–Trinajstić information content (AvgIpc) is 2.87. The summed E-state index contributed by atoms with van der Waals surface area (Å²) in [5.41, 5.74) is 2.73. The third kappa shape index (κ3) is 3.34. The number of hydrogen-bond acceptors (Lipinski definition) is 3. The van der Waals surface area contributed by atoms with Crippen LogP contribution in [0.4, 0.5) is 0 Å². The number of piperidine rings is 1.